The summed E-state index contributed by atoms with van der Waals surface area (Å²) in [5, 5.41) is 19.9. The number of Topliss-reactive ketones (excluding diaryl/α,β-unsaturated/α-hetero) is 1. The number of alkyl halides is 1. The van der Waals surface area contributed by atoms with Gasteiger partial charge in [0.2, 0.25) is 5.75 Å². The molecule has 0 saturated carbocycles. The lowest BCUT2D eigenvalue weighted by molar-refractivity contribution is -0.385. The van der Waals surface area contributed by atoms with E-state index in [4.69, 9.17) is 5.73 Å². The van der Waals surface area contributed by atoms with E-state index in [1.165, 1.54) is 6.07 Å². The van der Waals surface area contributed by atoms with E-state index in [2.05, 4.69) is 15.9 Å². The fourth-order valence-electron chi connectivity index (χ4n) is 1.10. The van der Waals surface area contributed by atoms with Crippen LogP contribution in [-0.4, -0.2) is 21.1 Å². The normalized spacial score (nSPS) is 9.93. The first kappa shape index (κ1) is 11.4. The zero-order valence-corrected chi connectivity index (χ0v) is 9.02. The van der Waals surface area contributed by atoms with Crippen LogP contribution in [0.5, 0.6) is 5.75 Å². The maximum atomic E-state index is 11.3. The number of anilines is 1. The molecule has 0 amide bonds. The lowest BCUT2D eigenvalue weighted by Gasteiger charge is -2.05. The number of rotatable bonds is 3. The van der Waals surface area contributed by atoms with Gasteiger partial charge >= 0.3 is 5.69 Å². The standard InChI is InChI=1S/C8H7BrN2O4/c9-3-6(12)7-4(10)1-2-5(8(7)13)11(14)15/h1-2,13H,3,10H2. The molecule has 1 rings (SSSR count). The fourth-order valence-corrected chi connectivity index (χ4v) is 1.38. The van der Waals surface area contributed by atoms with Crippen LogP contribution in [0.4, 0.5) is 11.4 Å². The van der Waals surface area contributed by atoms with Crippen molar-refractivity contribution in [3.8, 4) is 5.75 Å². The predicted molar refractivity (Wildman–Crippen MR) is 57.3 cm³/mol. The molecule has 0 atom stereocenters. The van der Waals surface area contributed by atoms with Gasteiger partial charge in [-0.2, -0.15) is 0 Å². The third-order valence-corrected chi connectivity index (χ3v) is 2.30. The molecule has 6 nitrogen and oxygen atoms in total. The second-order valence-corrected chi connectivity index (χ2v) is 3.27. The van der Waals surface area contributed by atoms with E-state index in [1.807, 2.05) is 0 Å². The summed E-state index contributed by atoms with van der Waals surface area (Å²) in [6, 6.07) is 2.27. The van der Waals surface area contributed by atoms with Gasteiger partial charge in [0, 0.05) is 11.8 Å². The number of nitro groups is 1. The highest BCUT2D eigenvalue weighted by Crippen LogP contribution is 2.33. The minimum Gasteiger partial charge on any atom is -0.502 e. The Labute approximate surface area is 93.0 Å². The number of phenolic OH excluding ortho intramolecular Hbond substituents is 1. The number of hydrogen-bond acceptors (Lipinski definition) is 5. The van der Waals surface area contributed by atoms with Crippen molar-refractivity contribution in [1.82, 2.24) is 0 Å². The summed E-state index contributed by atoms with van der Waals surface area (Å²) in [5.74, 6) is -1.20. The van der Waals surface area contributed by atoms with Crippen molar-refractivity contribution in [2.24, 2.45) is 0 Å². The van der Waals surface area contributed by atoms with Crippen molar-refractivity contribution in [2.75, 3.05) is 11.1 Å². The number of carbonyl (C=O) groups is 1. The van der Waals surface area contributed by atoms with Crippen LogP contribution in [0.2, 0.25) is 0 Å². The summed E-state index contributed by atoms with van der Waals surface area (Å²) < 4.78 is 0. The Bertz CT molecular complexity index is 433. The molecule has 0 spiro atoms. The zero-order valence-electron chi connectivity index (χ0n) is 7.44. The van der Waals surface area contributed by atoms with Gasteiger partial charge in [0.05, 0.1) is 15.8 Å². The molecule has 0 aliphatic heterocycles. The number of benzene rings is 1. The first-order valence-electron chi connectivity index (χ1n) is 3.84. The van der Waals surface area contributed by atoms with Crippen molar-refractivity contribution < 1.29 is 14.8 Å². The first-order valence-corrected chi connectivity index (χ1v) is 4.96. The number of aromatic hydroxyl groups is 1. The van der Waals surface area contributed by atoms with Crippen molar-refractivity contribution in [3.63, 3.8) is 0 Å². The Morgan fingerprint density at radius 2 is 2.20 bits per heavy atom. The number of carbonyl (C=O) groups excluding carboxylic acids is 1. The maximum Gasteiger partial charge on any atom is 0.311 e. The monoisotopic (exact) mass is 274 g/mol. The number of nitrogen functional groups attached to an aromatic ring is 1. The molecule has 0 aromatic heterocycles. The second-order valence-electron chi connectivity index (χ2n) is 2.71. The fraction of sp³-hybridized carbons (Fsp3) is 0.125. The maximum absolute atomic E-state index is 11.3. The molecule has 80 valence electrons. The molecule has 0 bridgehead atoms. The Hall–Kier alpha value is -1.63. The number of phenols is 1. The summed E-state index contributed by atoms with van der Waals surface area (Å²) >= 11 is 2.90. The van der Waals surface area contributed by atoms with Crippen LogP contribution >= 0.6 is 15.9 Å². The van der Waals surface area contributed by atoms with E-state index < -0.39 is 22.1 Å². The van der Waals surface area contributed by atoms with E-state index in [9.17, 15) is 20.0 Å². The van der Waals surface area contributed by atoms with Crippen LogP contribution in [0, 0.1) is 10.1 Å². The minimum absolute atomic E-state index is 0.0163. The smallest absolute Gasteiger partial charge is 0.311 e. The number of nitrogens with two attached hydrogens (primary N) is 1. The number of ketones is 1. The minimum atomic E-state index is -0.778. The molecule has 0 heterocycles. The lowest BCUT2D eigenvalue weighted by atomic mass is 10.1. The van der Waals surface area contributed by atoms with Gasteiger partial charge in [-0.1, -0.05) is 15.9 Å². The highest BCUT2D eigenvalue weighted by Gasteiger charge is 2.23. The average Bonchev–Trinajstić information content (AvgIpc) is 2.16. The molecule has 15 heavy (non-hydrogen) atoms. The molecular formula is C8H7BrN2O4. The molecule has 0 radical (unpaired) electrons. The van der Waals surface area contributed by atoms with E-state index in [1.54, 1.807) is 0 Å². The average molecular weight is 275 g/mol. The molecule has 0 unspecified atom stereocenters. The van der Waals surface area contributed by atoms with Crippen LogP contribution in [0.15, 0.2) is 12.1 Å². The lowest BCUT2D eigenvalue weighted by Crippen LogP contribution is -2.06. The zero-order chi connectivity index (χ0) is 11.6. The van der Waals surface area contributed by atoms with E-state index in [0.29, 0.717) is 0 Å². The molecule has 0 aliphatic carbocycles. The van der Waals surface area contributed by atoms with Crippen LogP contribution in [0.1, 0.15) is 10.4 Å². The van der Waals surface area contributed by atoms with Gasteiger partial charge in [-0.3, -0.25) is 14.9 Å². The quantitative estimate of drug-likeness (QED) is 0.285. The van der Waals surface area contributed by atoms with Crippen molar-refractivity contribution in [3.05, 3.63) is 27.8 Å². The third kappa shape index (κ3) is 2.07. The van der Waals surface area contributed by atoms with Gasteiger partial charge in [0.1, 0.15) is 0 Å². The van der Waals surface area contributed by atoms with Gasteiger partial charge in [-0.05, 0) is 6.07 Å². The molecular weight excluding hydrogens is 268 g/mol. The van der Waals surface area contributed by atoms with Crippen molar-refractivity contribution in [2.45, 2.75) is 0 Å². The summed E-state index contributed by atoms with van der Waals surface area (Å²) in [7, 11) is 0. The Kier molecular flexibility index (Phi) is 3.25. The molecule has 3 N–H and O–H groups in total. The number of halogens is 1. The summed E-state index contributed by atoms with van der Waals surface area (Å²) in [6.07, 6.45) is 0. The van der Waals surface area contributed by atoms with Crippen LogP contribution in [0.25, 0.3) is 0 Å². The van der Waals surface area contributed by atoms with Crippen LogP contribution in [0.3, 0.4) is 0 Å². The topological polar surface area (TPSA) is 106 Å². The van der Waals surface area contributed by atoms with Crippen molar-refractivity contribution in [1.29, 1.82) is 0 Å². The highest BCUT2D eigenvalue weighted by molar-refractivity contribution is 9.09. The van der Waals surface area contributed by atoms with Crippen LogP contribution < -0.4 is 5.73 Å². The number of hydrogen-bond donors (Lipinski definition) is 2. The van der Waals surface area contributed by atoms with E-state index in [0.717, 1.165) is 6.07 Å². The van der Waals surface area contributed by atoms with E-state index in [-0.39, 0.29) is 16.6 Å². The number of nitro benzene ring substituents is 1. The summed E-state index contributed by atoms with van der Waals surface area (Å²) in [4.78, 5) is 21.0. The largest absolute Gasteiger partial charge is 0.502 e. The molecule has 0 aliphatic rings. The van der Waals surface area contributed by atoms with Crippen molar-refractivity contribution >= 4 is 33.1 Å². The molecule has 1 aromatic rings. The molecule has 7 heteroatoms. The van der Waals surface area contributed by atoms with Gasteiger partial charge in [0.25, 0.3) is 0 Å². The van der Waals surface area contributed by atoms with Gasteiger partial charge in [-0.25, -0.2) is 0 Å². The van der Waals surface area contributed by atoms with Crippen LogP contribution in [-0.2, 0) is 0 Å². The Balaban J connectivity index is 3.43. The SMILES string of the molecule is Nc1ccc([N+](=O)[O-])c(O)c1C(=O)CBr. The third-order valence-electron chi connectivity index (χ3n) is 1.79. The first-order chi connectivity index (χ1) is 6.99. The second kappa shape index (κ2) is 4.26. The molecule has 0 saturated heterocycles. The van der Waals surface area contributed by atoms with E-state index >= 15 is 0 Å². The van der Waals surface area contributed by atoms with Gasteiger partial charge < -0.3 is 10.8 Å². The highest BCUT2D eigenvalue weighted by atomic mass is 79.9. The molecule has 1 aromatic carbocycles. The predicted octanol–water partition coefficient (Wildman–Crippen LogP) is 1.46. The van der Waals surface area contributed by atoms with Gasteiger partial charge in [-0.15, -0.1) is 0 Å². The Morgan fingerprint density at radius 3 is 2.67 bits per heavy atom. The summed E-state index contributed by atoms with van der Waals surface area (Å²) in [6.45, 7) is 0. The Morgan fingerprint density at radius 1 is 1.60 bits per heavy atom. The number of nitrogens with zero attached hydrogens (tertiary/aromatic N) is 1. The van der Waals surface area contributed by atoms with Gasteiger partial charge in [0.15, 0.2) is 5.78 Å². The molecule has 0 fully saturated rings. The summed E-state index contributed by atoms with van der Waals surface area (Å²) in [5.41, 5.74) is 4.70.